The molecule has 0 aliphatic carbocycles. The van der Waals surface area contributed by atoms with Gasteiger partial charge in [-0.1, -0.05) is 12.1 Å². The molecule has 1 aromatic heterocycles. The van der Waals surface area contributed by atoms with Crippen LogP contribution in [-0.4, -0.2) is 4.98 Å². The molecular formula is C15H15N3. The summed E-state index contributed by atoms with van der Waals surface area (Å²) in [5, 5.41) is 12.3. The molecule has 0 aliphatic heterocycles. The fourth-order valence-electron chi connectivity index (χ4n) is 1.79. The maximum Gasteiger partial charge on any atom is 0.0991 e. The van der Waals surface area contributed by atoms with Gasteiger partial charge >= 0.3 is 0 Å². The smallest absolute Gasteiger partial charge is 0.0991 e. The number of nitrogens with one attached hydrogen (secondary N) is 1. The zero-order valence-corrected chi connectivity index (χ0v) is 10.3. The average molecular weight is 237 g/mol. The predicted octanol–water partition coefficient (Wildman–Crippen LogP) is 2.80. The molecule has 0 amide bonds. The number of aromatic nitrogens is 1. The Kier molecular flexibility index (Phi) is 4.06. The van der Waals surface area contributed by atoms with E-state index in [9.17, 15) is 0 Å². The molecule has 2 rings (SSSR count). The topological polar surface area (TPSA) is 48.7 Å². The van der Waals surface area contributed by atoms with Crippen LogP contribution in [0, 0.1) is 11.3 Å². The number of hydrogen-bond acceptors (Lipinski definition) is 3. The van der Waals surface area contributed by atoms with E-state index in [0.29, 0.717) is 5.56 Å². The molecule has 0 saturated carbocycles. The molecule has 0 aliphatic rings. The van der Waals surface area contributed by atoms with E-state index in [0.717, 1.165) is 12.1 Å². The van der Waals surface area contributed by atoms with Crippen LogP contribution in [0.3, 0.4) is 0 Å². The lowest BCUT2D eigenvalue weighted by Gasteiger charge is -2.14. The van der Waals surface area contributed by atoms with Crippen LogP contribution in [-0.2, 0) is 6.54 Å². The SMILES string of the molecule is CC(NCc1cccc(C#N)c1)c1ccncc1. The van der Waals surface area contributed by atoms with Gasteiger partial charge in [-0.15, -0.1) is 0 Å². The molecule has 3 nitrogen and oxygen atoms in total. The molecule has 1 aromatic carbocycles. The van der Waals surface area contributed by atoms with E-state index in [4.69, 9.17) is 5.26 Å². The second kappa shape index (κ2) is 5.95. The normalized spacial score (nSPS) is 11.8. The highest BCUT2D eigenvalue weighted by Gasteiger charge is 2.04. The molecule has 90 valence electrons. The van der Waals surface area contributed by atoms with Crippen LogP contribution in [0.25, 0.3) is 0 Å². The zero-order valence-electron chi connectivity index (χ0n) is 10.3. The van der Waals surface area contributed by atoms with Gasteiger partial charge in [-0.25, -0.2) is 0 Å². The van der Waals surface area contributed by atoms with Crippen molar-refractivity contribution in [2.24, 2.45) is 0 Å². The second-order valence-corrected chi connectivity index (χ2v) is 4.20. The summed E-state index contributed by atoms with van der Waals surface area (Å²) in [6.45, 7) is 2.86. The van der Waals surface area contributed by atoms with Crippen LogP contribution in [0.1, 0.15) is 29.7 Å². The van der Waals surface area contributed by atoms with E-state index >= 15 is 0 Å². The van der Waals surface area contributed by atoms with Crippen molar-refractivity contribution in [2.45, 2.75) is 19.5 Å². The molecule has 0 radical (unpaired) electrons. The van der Waals surface area contributed by atoms with Crippen LogP contribution in [0.15, 0.2) is 48.8 Å². The van der Waals surface area contributed by atoms with Crippen molar-refractivity contribution in [3.05, 3.63) is 65.5 Å². The highest BCUT2D eigenvalue weighted by Crippen LogP contribution is 2.12. The predicted molar refractivity (Wildman–Crippen MR) is 70.6 cm³/mol. The van der Waals surface area contributed by atoms with Gasteiger partial charge in [0.2, 0.25) is 0 Å². The summed E-state index contributed by atoms with van der Waals surface area (Å²) in [6.07, 6.45) is 3.59. The van der Waals surface area contributed by atoms with E-state index in [1.54, 1.807) is 12.4 Å². The standard InChI is InChI=1S/C15H15N3/c1-12(15-5-7-17-8-6-15)18-11-14-4-2-3-13(9-14)10-16/h2-9,12,18H,11H2,1H3. The molecular weight excluding hydrogens is 222 g/mol. The summed E-state index contributed by atoms with van der Waals surface area (Å²) in [6, 6.07) is 14.1. The largest absolute Gasteiger partial charge is 0.306 e. The van der Waals surface area contributed by atoms with Crippen molar-refractivity contribution in [3.63, 3.8) is 0 Å². The van der Waals surface area contributed by atoms with Crippen molar-refractivity contribution >= 4 is 0 Å². The minimum Gasteiger partial charge on any atom is -0.306 e. The number of pyridine rings is 1. The second-order valence-electron chi connectivity index (χ2n) is 4.20. The van der Waals surface area contributed by atoms with Crippen molar-refractivity contribution in [1.82, 2.24) is 10.3 Å². The third kappa shape index (κ3) is 3.16. The van der Waals surface area contributed by atoms with Crippen molar-refractivity contribution in [3.8, 4) is 6.07 Å². The molecule has 1 unspecified atom stereocenters. The fourth-order valence-corrected chi connectivity index (χ4v) is 1.79. The first-order valence-electron chi connectivity index (χ1n) is 5.92. The monoisotopic (exact) mass is 237 g/mol. The number of hydrogen-bond donors (Lipinski definition) is 1. The van der Waals surface area contributed by atoms with Gasteiger partial charge in [0.25, 0.3) is 0 Å². The van der Waals surface area contributed by atoms with Crippen molar-refractivity contribution < 1.29 is 0 Å². The molecule has 0 bridgehead atoms. The van der Waals surface area contributed by atoms with E-state index in [1.165, 1.54) is 5.56 Å². The minimum absolute atomic E-state index is 0.263. The Labute approximate surface area is 107 Å². The summed E-state index contributed by atoms with van der Waals surface area (Å²) in [5.74, 6) is 0. The number of benzene rings is 1. The highest BCUT2D eigenvalue weighted by molar-refractivity contribution is 5.32. The third-order valence-electron chi connectivity index (χ3n) is 2.87. The molecule has 18 heavy (non-hydrogen) atoms. The Morgan fingerprint density at radius 2 is 2.06 bits per heavy atom. The first-order chi connectivity index (χ1) is 8.79. The lowest BCUT2D eigenvalue weighted by Crippen LogP contribution is -2.18. The first kappa shape index (κ1) is 12.3. The Bertz CT molecular complexity index is 543. The lowest BCUT2D eigenvalue weighted by molar-refractivity contribution is 0.574. The summed E-state index contributed by atoms with van der Waals surface area (Å²) >= 11 is 0. The Balaban J connectivity index is 1.97. The van der Waals surface area contributed by atoms with E-state index in [-0.39, 0.29) is 6.04 Å². The van der Waals surface area contributed by atoms with Gasteiger partial charge in [0.1, 0.15) is 0 Å². The van der Waals surface area contributed by atoms with Crippen LogP contribution in [0.5, 0.6) is 0 Å². The van der Waals surface area contributed by atoms with Crippen LogP contribution < -0.4 is 5.32 Å². The number of nitrogens with zero attached hydrogens (tertiary/aromatic N) is 2. The van der Waals surface area contributed by atoms with Gasteiger partial charge in [0, 0.05) is 25.0 Å². The maximum atomic E-state index is 8.84. The summed E-state index contributed by atoms with van der Waals surface area (Å²) in [5.41, 5.74) is 3.03. The Hall–Kier alpha value is -2.18. The van der Waals surface area contributed by atoms with Crippen molar-refractivity contribution in [1.29, 1.82) is 5.26 Å². The van der Waals surface area contributed by atoms with E-state index in [2.05, 4.69) is 23.3 Å². The summed E-state index contributed by atoms with van der Waals surface area (Å²) in [7, 11) is 0. The van der Waals surface area contributed by atoms with Gasteiger partial charge in [0.15, 0.2) is 0 Å². The first-order valence-corrected chi connectivity index (χ1v) is 5.92. The zero-order chi connectivity index (χ0) is 12.8. The quantitative estimate of drug-likeness (QED) is 0.889. The Morgan fingerprint density at radius 3 is 2.78 bits per heavy atom. The highest BCUT2D eigenvalue weighted by atomic mass is 14.9. The summed E-state index contributed by atoms with van der Waals surface area (Å²) < 4.78 is 0. The number of rotatable bonds is 4. The molecule has 1 heterocycles. The Morgan fingerprint density at radius 1 is 1.28 bits per heavy atom. The van der Waals surface area contributed by atoms with Gasteiger partial charge in [-0.05, 0) is 42.3 Å². The van der Waals surface area contributed by atoms with Crippen LogP contribution in [0.4, 0.5) is 0 Å². The van der Waals surface area contributed by atoms with Crippen LogP contribution >= 0.6 is 0 Å². The third-order valence-corrected chi connectivity index (χ3v) is 2.87. The average Bonchev–Trinajstić information content (AvgIpc) is 2.46. The van der Waals surface area contributed by atoms with E-state index in [1.807, 2.05) is 36.4 Å². The van der Waals surface area contributed by atoms with Gasteiger partial charge in [-0.3, -0.25) is 4.98 Å². The van der Waals surface area contributed by atoms with Crippen LogP contribution in [0.2, 0.25) is 0 Å². The lowest BCUT2D eigenvalue weighted by atomic mass is 10.1. The van der Waals surface area contributed by atoms with Gasteiger partial charge in [-0.2, -0.15) is 5.26 Å². The molecule has 1 atom stereocenters. The van der Waals surface area contributed by atoms with Gasteiger partial charge in [0.05, 0.1) is 11.6 Å². The number of nitriles is 1. The van der Waals surface area contributed by atoms with E-state index < -0.39 is 0 Å². The summed E-state index contributed by atoms with van der Waals surface area (Å²) in [4.78, 5) is 4.00. The van der Waals surface area contributed by atoms with Gasteiger partial charge < -0.3 is 5.32 Å². The minimum atomic E-state index is 0.263. The maximum absolute atomic E-state index is 8.84. The molecule has 0 saturated heterocycles. The molecule has 0 spiro atoms. The molecule has 3 heteroatoms. The molecule has 2 aromatic rings. The molecule has 1 N–H and O–H groups in total. The van der Waals surface area contributed by atoms with Crippen molar-refractivity contribution in [2.75, 3.05) is 0 Å². The molecule has 0 fully saturated rings. The fraction of sp³-hybridized carbons (Fsp3) is 0.200.